The second-order valence-corrected chi connectivity index (χ2v) is 11.0. The van der Waals surface area contributed by atoms with Gasteiger partial charge in [0.05, 0.1) is 11.2 Å². The predicted molar refractivity (Wildman–Crippen MR) is 124 cm³/mol. The average molecular weight is 395 g/mol. The van der Waals surface area contributed by atoms with Gasteiger partial charge in [0.2, 0.25) is 0 Å². The second-order valence-electron chi connectivity index (χ2n) is 11.0. The maximum absolute atomic E-state index is 7.52. The van der Waals surface area contributed by atoms with Crippen LogP contribution in [-0.2, 0) is 4.74 Å². The van der Waals surface area contributed by atoms with Gasteiger partial charge >= 0.3 is 0 Å². The van der Waals surface area contributed by atoms with E-state index in [1.807, 2.05) is 0 Å². The van der Waals surface area contributed by atoms with E-state index in [9.17, 15) is 0 Å². The van der Waals surface area contributed by atoms with E-state index in [-0.39, 0.29) is 11.2 Å². The first-order valence-corrected chi connectivity index (χ1v) is 12.3. The molecule has 8 unspecified atom stereocenters. The summed E-state index contributed by atoms with van der Waals surface area (Å²) in [4.78, 5) is 0. The number of ether oxygens (including phenoxy) is 1. The summed E-state index contributed by atoms with van der Waals surface area (Å²) in [5, 5.41) is 0. The van der Waals surface area contributed by atoms with Crippen molar-refractivity contribution in [2.45, 2.75) is 90.3 Å². The molecule has 4 rings (SSSR count). The fraction of sp³-hybridized carbons (Fsp3) is 0.714. The molecule has 160 valence electrons. The Balaban J connectivity index is 1.67. The predicted octanol–water partition coefficient (Wildman–Crippen LogP) is 7.66. The third-order valence-electron chi connectivity index (χ3n) is 8.62. The zero-order chi connectivity index (χ0) is 20.5. The Morgan fingerprint density at radius 3 is 1.41 bits per heavy atom. The zero-order valence-electron chi connectivity index (χ0n) is 19.1. The molecular formula is C28H42O. The monoisotopic (exact) mass is 394 g/mol. The van der Waals surface area contributed by atoms with Crippen LogP contribution >= 0.6 is 0 Å². The molecule has 29 heavy (non-hydrogen) atoms. The quantitative estimate of drug-likeness (QED) is 0.475. The molecule has 0 aromatic rings. The van der Waals surface area contributed by atoms with E-state index in [4.69, 9.17) is 4.74 Å². The highest BCUT2D eigenvalue weighted by Crippen LogP contribution is 2.52. The molecule has 0 spiro atoms. The first-order chi connectivity index (χ1) is 13.9. The Kier molecular flexibility index (Phi) is 6.26. The van der Waals surface area contributed by atoms with Crippen LogP contribution < -0.4 is 0 Å². The van der Waals surface area contributed by atoms with E-state index < -0.39 is 0 Å². The van der Waals surface area contributed by atoms with Gasteiger partial charge in [0.1, 0.15) is 0 Å². The molecule has 0 amide bonds. The summed E-state index contributed by atoms with van der Waals surface area (Å²) in [7, 11) is 0. The maximum Gasteiger partial charge on any atom is 0.0942 e. The molecule has 0 heterocycles. The number of rotatable bonds is 4. The molecule has 0 bridgehead atoms. The summed E-state index contributed by atoms with van der Waals surface area (Å²) >= 11 is 0. The van der Waals surface area contributed by atoms with Crippen LogP contribution in [0.2, 0.25) is 0 Å². The minimum Gasteiger partial charge on any atom is -0.359 e. The first kappa shape index (κ1) is 21.2. The highest BCUT2D eigenvalue weighted by molar-refractivity contribution is 5.26. The molecule has 4 aliphatic rings. The lowest BCUT2D eigenvalue weighted by atomic mass is 9.63. The Morgan fingerprint density at radius 1 is 0.621 bits per heavy atom. The molecule has 0 N–H and O–H groups in total. The normalized spacial score (nSPS) is 47.4. The Hall–Kier alpha value is -1.08. The smallest absolute Gasteiger partial charge is 0.0942 e. The number of hydrogen-bond donors (Lipinski definition) is 0. The van der Waals surface area contributed by atoms with Crippen molar-refractivity contribution in [1.82, 2.24) is 0 Å². The summed E-state index contributed by atoms with van der Waals surface area (Å²) in [5.41, 5.74) is -0.292. The van der Waals surface area contributed by atoms with Crippen molar-refractivity contribution in [1.29, 1.82) is 0 Å². The van der Waals surface area contributed by atoms with Crippen LogP contribution in [0.25, 0.3) is 0 Å². The lowest BCUT2D eigenvalue weighted by Crippen LogP contribution is -2.55. The molecule has 0 aliphatic heterocycles. The Morgan fingerprint density at radius 2 is 1.07 bits per heavy atom. The standard InChI is InChI=1S/C28H42O/c1-21-11-13-25(23(3)19-21)27(15-7-5-8-16-27)29-28(17-9-6-10-18-28)26-14-12-22(2)20-24(26)4/h5-10,15,17,21-26H,11-14,16,18-20H2,1-4H3. The molecule has 0 aromatic carbocycles. The van der Waals surface area contributed by atoms with Gasteiger partial charge in [-0.3, -0.25) is 0 Å². The maximum atomic E-state index is 7.52. The first-order valence-electron chi connectivity index (χ1n) is 12.3. The molecule has 1 nitrogen and oxygen atoms in total. The highest BCUT2D eigenvalue weighted by atomic mass is 16.5. The third kappa shape index (κ3) is 4.22. The highest BCUT2D eigenvalue weighted by Gasteiger charge is 2.51. The minimum absolute atomic E-state index is 0.146. The van der Waals surface area contributed by atoms with Crippen LogP contribution in [0, 0.1) is 35.5 Å². The van der Waals surface area contributed by atoms with Crippen molar-refractivity contribution in [3.63, 3.8) is 0 Å². The fourth-order valence-electron chi connectivity index (χ4n) is 7.22. The summed E-state index contributed by atoms with van der Waals surface area (Å²) in [6.07, 6.45) is 28.6. The Labute approximate surface area is 179 Å². The van der Waals surface area contributed by atoms with Gasteiger partial charge in [-0.15, -0.1) is 0 Å². The Bertz CT molecular complexity index is 626. The fourth-order valence-corrected chi connectivity index (χ4v) is 7.22. The van der Waals surface area contributed by atoms with Gasteiger partial charge in [-0.2, -0.15) is 0 Å². The summed E-state index contributed by atoms with van der Waals surface area (Å²) < 4.78 is 7.52. The summed E-state index contributed by atoms with van der Waals surface area (Å²) in [6, 6.07) is 0. The minimum atomic E-state index is -0.146. The SMILES string of the molecule is CC1CCC(C2(OC3(C4CCC(C)CC4C)C=CC=CC3)C=CC=CC2)C(C)C1. The zero-order valence-corrected chi connectivity index (χ0v) is 19.1. The second kappa shape index (κ2) is 8.58. The molecule has 1 heteroatoms. The lowest BCUT2D eigenvalue weighted by molar-refractivity contribution is -0.184. The molecule has 4 aliphatic carbocycles. The van der Waals surface area contributed by atoms with Crippen LogP contribution in [0.1, 0.15) is 79.1 Å². The molecule has 2 fully saturated rings. The van der Waals surface area contributed by atoms with E-state index in [1.165, 1.54) is 38.5 Å². The van der Waals surface area contributed by atoms with Crippen LogP contribution in [0.5, 0.6) is 0 Å². The van der Waals surface area contributed by atoms with Gasteiger partial charge in [-0.05, 0) is 74.0 Å². The van der Waals surface area contributed by atoms with Gasteiger partial charge in [0.15, 0.2) is 0 Å². The van der Waals surface area contributed by atoms with Crippen LogP contribution in [0.4, 0.5) is 0 Å². The summed E-state index contributed by atoms with van der Waals surface area (Å²) in [6.45, 7) is 9.81. The molecule has 0 saturated heterocycles. The van der Waals surface area contributed by atoms with E-state index in [1.54, 1.807) is 0 Å². The average Bonchev–Trinajstić information content (AvgIpc) is 2.69. The van der Waals surface area contributed by atoms with E-state index in [0.29, 0.717) is 11.8 Å². The van der Waals surface area contributed by atoms with Crippen molar-refractivity contribution >= 4 is 0 Å². The van der Waals surface area contributed by atoms with Crippen molar-refractivity contribution < 1.29 is 4.74 Å². The van der Waals surface area contributed by atoms with Crippen molar-refractivity contribution in [3.8, 4) is 0 Å². The van der Waals surface area contributed by atoms with Crippen LogP contribution in [-0.4, -0.2) is 11.2 Å². The van der Waals surface area contributed by atoms with E-state index >= 15 is 0 Å². The third-order valence-corrected chi connectivity index (χ3v) is 8.62. The van der Waals surface area contributed by atoms with Gasteiger partial charge in [0, 0.05) is 0 Å². The van der Waals surface area contributed by atoms with Crippen molar-refractivity contribution in [3.05, 3.63) is 48.6 Å². The molecule has 2 saturated carbocycles. The molecule has 0 aromatic heterocycles. The molecule has 0 radical (unpaired) electrons. The molecular weight excluding hydrogens is 352 g/mol. The van der Waals surface area contributed by atoms with Crippen LogP contribution in [0.15, 0.2) is 48.6 Å². The van der Waals surface area contributed by atoms with Gasteiger partial charge in [0.25, 0.3) is 0 Å². The number of hydrogen-bond acceptors (Lipinski definition) is 1. The largest absolute Gasteiger partial charge is 0.359 e. The van der Waals surface area contributed by atoms with E-state index in [2.05, 4.69) is 76.3 Å². The van der Waals surface area contributed by atoms with E-state index in [0.717, 1.165) is 36.5 Å². The number of allylic oxidation sites excluding steroid dienone is 4. The van der Waals surface area contributed by atoms with Crippen molar-refractivity contribution in [2.75, 3.05) is 0 Å². The summed E-state index contributed by atoms with van der Waals surface area (Å²) in [5.74, 6) is 4.39. The molecule has 8 atom stereocenters. The van der Waals surface area contributed by atoms with Crippen molar-refractivity contribution in [2.24, 2.45) is 35.5 Å². The topological polar surface area (TPSA) is 9.23 Å². The van der Waals surface area contributed by atoms with Gasteiger partial charge in [-0.25, -0.2) is 0 Å². The van der Waals surface area contributed by atoms with Crippen LogP contribution in [0.3, 0.4) is 0 Å². The lowest BCUT2D eigenvalue weighted by Gasteiger charge is -2.54. The van der Waals surface area contributed by atoms with Gasteiger partial charge < -0.3 is 4.74 Å². The van der Waals surface area contributed by atoms with Gasteiger partial charge in [-0.1, -0.05) is 89.1 Å².